The van der Waals surface area contributed by atoms with Crippen molar-refractivity contribution in [2.45, 2.75) is 25.3 Å². The van der Waals surface area contributed by atoms with E-state index >= 15 is 0 Å². The summed E-state index contributed by atoms with van der Waals surface area (Å²) in [6.45, 7) is 0.518. The number of nitrogens with one attached hydrogen (secondary N) is 1. The van der Waals surface area contributed by atoms with Gasteiger partial charge < -0.3 is 10.1 Å². The Kier molecular flexibility index (Phi) is 4.29. The van der Waals surface area contributed by atoms with Crippen LogP contribution in [0, 0.1) is 5.92 Å². The van der Waals surface area contributed by atoms with E-state index in [1.54, 1.807) is 12.1 Å². The molecule has 5 heteroatoms. The normalized spacial score (nSPS) is 21.2. The van der Waals surface area contributed by atoms with E-state index in [1.807, 2.05) is 36.4 Å². The Hall–Kier alpha value is -2.95. The van der Waals surface area contributed by atoms with Crippen molar-refractivity contribution in [1.29, 1.82) is 0 Å². The molecule has 2 aliphatic heterocycles. The summed E-state index contributed by atoms with van der Waals surface area (Å²) in [5.74, 6) is -2.06. The second kappa shape index (κ2) is 6.75. The van der Waals surface area contributed by atoms with Crippen LogP contribution in [0.4, 0.5) is 0 Å². The van der Waals surface area contributed by atoms with Crippen molar-refractivity contribution in [2.24, 2.45) is 5.92 Å². The standard InChI is InChI=1S/C21H19NO4/c23-18(15-8-4-7-14-11-12-26-20(14)15)17-19(24)16(22-21(17)25)10-9-13-5-2-1-3-6-13/h1-8,16-17H,9-12H2,(H,22,25). The third-order valence-electron chi connectivity index (χ3n) is 5.01. The van der Waals surface area contributed by atoms with Gasteiger partial charge in [0.1, 0.15) is 5.75 Å². The molecule has 132 valence electrons. The SMILES string of the molecule is O=C1NC(CCc2ccccc2)C(=O)C1C(=O)c1cccc2c1OCC2. The van der Waals surface area contributed by atoms with Crippen molar-refractivity contribution in [1.82, 2.24) is 5.32 Å². The van der Waals surface area contributed by atoms with E-state index in [2.05, 4.69) is 5.32 Å². The molecule has 1 N–H and O–H groups in total. The summed E-state index contributed by atoms with van der Waals surface area (Å²) in [4.78, 5) is 37.9. The number of rotatable bonds is 5. The fourth-order valence-corrected chi connectivity index (χ4v) is 3.64. The molecule has 5 nitrogen and oxygen atoms in total. The highest BCUT2D eigenvalue weighted by molar-refractivity contribution is 6.28. The fraction of sp³-hybridized carbons (Fsp3) is 0.286. The summed E-state index contributed by atoms with van der Waals surface area (Å²) in [5, 5.41) is 2.69. The predicted octanol–water partition coefficient (Wildman–Crippen LogP) is 2.12. The Morgan fingerprint density at radius 3 is 2.69 bits per heavy atom. The molecule has 2 aromatic rings. The maximum Gasteiger partial charge on any atom is 0.239 e. The molecule has 2 aliphatic rings. The minimum Gasteiger partial charge on any atom is -0.492 e. The number of Topliss-reactive ketones (excluding diaryl/α,β-unsaturated/α-hetero) is 2. The van der Waals surface area contributed by atoms with E-state index in [0.29, 0.717) is 30.8 Å². The number of para-hydroxylation sites is 1. The minimum atomic E-state index is -1.27. The number of hydrogen-bond acceptors (Lipinski definition) is 4. The van der Waals surface area contributed by atoms with Gasteiger partial charge in [0.2, 0.25) is 5.91 Å². The average molecular weight is 349 g/mol. The van der Waals surface area contributed by atoms with Gasteiger partial charge >= 0.3 is 0 Å². The van der Waals surface area contributed by atoms with Gasteiger partial charge in [0.15, 0.2) is 17.5 Å². The van der Waals surface area contributed by atoms with Crippen LogP contribution in [-0.4, -0.2) is 30.1 Å². The van der Waals surface area contributed by atoms with E-state index in [1.165, 1.54) is 0 Å². The molecule has 2 unspecified atom stereocenters. The van der Waals surface area contributed by atoms with E-state index in [9.17, 15) is 14.4 Å². The molecule has 1 saturated heterocycles. The highest BCUT2D eigenvalue weighted by Gasteiger charge is 2.46. The molecule has 0 spiro atoms. The molecular formula is C21H19NO4. The van der Waals surface area contributed by atoms with Crippen LogP contribution in [0.25, 0.3) is 0 Å². The minimum absolute atomic E-state index is 0.331. The quantitative estimate of drug-likeness (QED) is 0.663. The Labute approximate surface area is 151 Å². The number of carbonyl (C=O) groups excluding carboxylic acids is 3. The van der Waals surface area contributed by atoms with Gasteiger partial charge in [-0.05, 0) is 30.0 Å². The molecule has 2 heterocycles. The molecule has 2 aromatic carbocycles. The van der Waals surface area contributed by atoms with Crippen LogP contribution in [0.15, 0.2) is 48.5 Å². The lowest BCUT2D eigenvalue weighted by atomic mass is 9.90. The first-order valence-corrected chi connectivity index (χ1v) is 8.82. The fourth-order valence-electron chi connectivity index (χ4n) is 3.64. The smallest absolute Gasteiger partial charge is 0.239 e. The Morgan fingerprint density at radius 1 is 1.08 bits per heavy atom. The molecule has 2 atom stereocenters. The summed E-state index contributed by atoms with van der Waals surface area (Å²) in [7, 11) is 0. The average Bonchev–Trinajstić information content (AvgIpc) is 3.24. The molecule has 4 rings (SSSR count). The van der Waals surface area contributed by atoms with E-state index in [-0.39, 0.29) is 5.78 Å². The van der Waals surface area contributed by atoms with Gasteiger partial charge in [-0.3, -0.25) is 14.4 Å². The van der Waals surface area contributed by atoms with Gasteiger partial charge in [0, 0.05) is 6.42 Å². The summed E-state index contributed by atoms with van der Waals surface area (Å²) < 4.78 is 5.55. The third-order valence-corrected chi connectivity index (χ3v) is 5.01. The van der Waals surface area contributed by atoms with Gasteiger partial charge in [-0.15, -0.1) is 0 Å². The number of hydrogen-bond donors (Lipinski definition) is 1. The van der Waals surface area contributed by atoms with Crippen molar-refractivity contribution in [2.75, 3.05) is 6.61 Å². The first kappa shape index (κ1) is 16.5. The largest absolute Gasteiger partial charge is 0.492 e. The molecule has 26 heavy (non-hydrogen) atoms. The molecule has 0 radical (unpaired) electrons. The van der Waals surface area contributed by atoms with Gasteiger partial charge in [0.25, 0.3) is 0 Å². The van der Waals surface area contributed by atoms with Crippen LogP contribution in [-0.2, 0) is 22.4 Å². The summed E-state index contributed by atoms with van der Waals surface area (Å²) in [6, 6.07) is 14.5. The van der Waals surface area contributed by atoms with Crippen LogP contribution >= 0.6 is 0 Å². The highest BCUT2D eigenvalue weighted by atomic mass is 16.5. The number of ether oxygens (including phenoxy) is 1. The Bertz CT molecular complexity index is 875. The molecule has 0 bridgehead atoms. The summed E-state index contributed by atoms with van der Waals surface area (Å²) in [6.07, 6.45) is 1.89. The molecule has 1 amide bonds. The van der Waals surface area contributed by atoms with E-state index in [4.69, 9.17) is 4.74 Å². The maximum atomic E-state index is 12.9. The number of amides is 1. The van der Waals surface area contributed by atoms with Crippen molar-refractivity contribution >= 4 is 17.5 Å². The number of fused-ring (bicyclic) bond motifs is 1. The van der Waals surface area contributed by atoms with Crippen LogP contribution in [0.5, 0.6) is 5.75 Å². The van der Waals surface area contributed by atoms with E-state index < -0.39 is 23.7 Å². The summed E-state index contributed by atoms with van der Waals surface area (Å²) >= 11 is 0. The molecule has 0 aliphatic carbocycles. The van der Waals surface area contributed by atoms with Crippen molar-refractivity contribution < 1.29 is 19.1 Å². The predicted molar refractivity (Wildman–Crippen MR) is 95.2 cm³/mol. The van der Waals surface area contributed by atoms with Crippen molar-refractivity contribution in [3.63, 3.8) is 0 Å². The first-order valence-electron chi connectivity index (χ1n) is 8.82. The second-order valence-electron chi connectivity index (χ2n) is 6.68. The van der Waals surface area contributed by atoms with Crippen LogP contribution < -0.4 is 10.1 Å². The van der Waals surface area contributed by atoms with Crippen LogP contribution in [0.2, 0.25) is 0 Å². The highest BCUT2D eigenvalue weighted by Crippen LogP contribution is 2.32. The van der Waals surface area contributed by atoms with Crippen LogP contribution in [0.3, 0.4) is 0 Å². The van der Waals surface area contributed by atoms with E-state index in [0.717, 1.165) is 17.5 Å². The maximum absolute atomic E-state index is 12.9. The number of benzene rings is 2. The van der Waals surface area contributed by atoms with Crippen molar-refractivity contribution in [3.05, 3.63) is 65.2 Å². The van der Waals surface area contributed by atoms with Crippen molar-refractivity contribution in [3.8, 4) is 5.75 Å². The molecule has 1 fully saturated rings. The number of ketones is 2. The number of carbonyl (C=O) groups is 3. The monoisotopic (exact) mass is 349 g/mol. The lowest BCUT2D eigenvalue weighted by Gasteiger charge is -2.10. The molecular weight excluding hydrogens is 330 g/mol. The molecule has 0 aromatic heterocycles. The van der Waals surface area contributed by atoms with Crippen LogP contribution in [0.1, 0.15) is 27.9 Å². The lowest BCUT2D eigenvalue weighted by molar-refractivity contribution is -0.125. The lowest BCUT2D eigenvalue weighted by Crippen LogP contribution is -2.29. The molecule has 0 saturated carbocycles. The van der Waals surface area contributed by atoms with Gasteiger partial charge in [0.05, 0.1) is 18.2 Å². The first-order chi connectivity index (χ1) is 12.6. The van der Waals surface area contributed by atoms with Gasteiger partial charge in [-0.25, -0.2) is 0 Å². The third kappa shape index (κ3) is 2.90. The summed E-state index contributed by atoms with van der Waals surface area (Å²) in [5.41, 5.74) is 2.37. The Balaban J connectivity index is 1.51. The second-order valence-corrected chi connectivity index (χ2v) is 6.68. The number of aryl methyl sites for hydroxylation is 1. The Morgan fingerprint density at radius 2 is 1.88 bits per heavy atom. The van der Waals surface area contributed by atoms with Gasteiger partial charge in [-0.2, -0.15) is 0 Å². The zero-order valence-electron chi connectivity index (χ0n) is 14.2. The topological polar surface area (TPSA) is 72.5 Å². The van der Waals surface area contributed by atoms with Gasteiger partial charge in [-0.1, -0.05) is 42.5 Å². The zero-order valence-corrected chi connectivity index (χ0v) is 14.2. The zero-order chi connectivity index (χ0) is 18.1.